The molecule has 0 aliphatic carbocycles. The Hall–Kier alpha value is -0.971. The van der Waals surface area contributed by atoms with Gasteiger partial charge in [0.1, 0.15) is 0 Å². The number of carbonyl (C=O) groups excluding carboxylic acids is 2. The first-order valence-corrected chi connectivity index (χ1v) is 16.1. The van der Waals surface area contributed by atoms with Gasteiger partial charge in [-0.1, -0.05) is 168 Å². The maximum absolute atomic E-state index is 10.3. The van der Waals surface area contributed by atoms with Gasteiger partial charge < -0.3 is 30.0 Å². The molecule has 0 bridgehead atoms. The number of hydrogen-bond donors (Lipinski definition) is 2. The van der Waals surface area contributed by atoms with E-state index in [-0.39, 0.29) is 10.1 Å². The van der Waals surface area contributed by atoms with Gasteiger partial charge in [0.15, 0.2) is 0 Å². The van der Waals surface area contributed by atoms with Crippen LogP contribution in [0.5, 0.6) is 0 Å². The van der Waals surface area contributed by atoms with E-state index in [9.17, 15) is 19.8 Å². The van der Waals surface area contributed by atoms with Crippen LogP contribution in [0.25, 0.3) is 0 Å². The van der Waals surface area contributed by atoms with Gasteiger partial charge in [0.2, 0.25) is 0 Å². The summed E-state index contributed by atoms with van der Waals surface area (Å²) < 4.78 is 0. The van der Waals surface area contributed by atoms with Gasteiger partial charge in [-0.2, -0.15) is 0 Å². The number of aliphatic hydroxyl groups is 2. The largest absolute Gasteiger partial charge is 2.00 e. The molecule has 0 spiro atoms. The van der Waals surface area contributed by atoms with E-state index >= 15 is 0 Å². The third-order valence-electron chi connectivity index (χ3n) is 7.21. The molecule has 0 heterocycles. The van der Waals surface area contributed by atoms with Crippen LogP contribution in [-0.2, 0) is 9.59 Å². The maximum Gasteiger partial charge on any atom is 2.00 e. The summed E-state index contributed by atoms with van der Waals surface area (Å²) in [6.45, 7) is 4.48. The summed E-state index contributed by atoms with van der Waals surface area (Å²) in [6, 6.07) is 0. The molecule has 0 rings (SSSR count). The van der Waals surface area contributed by atoms with Gasteiger partial charge in [-0.15, -0.1) is 0 Å². The van der Waals surface area contributed by atoms with Crippen molar-refractivity contribution < 1.29 is 30.0 Å². The predicted octanol–water partition coefficient (Wildman–Crippen LogP) is 6.00. The molecule has 228 valence electrons. The third-order valence-corrected chi connectivity index (χ3v) is 7.21. The minimum absolute atomic E-state index is 0. The molecule has 7 heteroatoms. The molecule has 0 aromatic carbocycles. The zero-order valence-corrected chi connectivity index (χ0v) is 25.8. The van der Waals surface area contributed by atoms with E-state index in [1.54, 1.807) is 0 Å². The number of carboxylic acids is 2. The molecule has 2 N–H and O–H groups in total. The van der Waals surface area contributed by atoms with E-state index in [1.165, 1.54) is 116 Å². The summed E-state index contributed by atoms with van der Waals surface area (Å²) in [4.78, 5) is 20.5. The number of carbonyl (C=O) groups is 2. The number of carboxylic acid groups (broad SMARTS) is 2. The molecule has 0 aromatic heterocycles. The fourth-order valence-electron chi connectivity index (χ4n) is 4.59. The van der Waals surface area contributed by atoms with E-state index in [0.29, 0.717) is 12.8 Å². The molecule has 0 radical (unpaired) electrons. The van der Waals surface area contributed by atoms with Crippen LogP contribution in [0.3, 0.4) is 0 Å². The normalized spacial score (nSPS) is 12.2. The average Bonchev–Trinajstić information content (AvgIpc) is 2.89. The van der Waals surface area contributed by atoms with E-state index < -0.39 is 24.1 Å². The quantitative estimate of drug-likeness (QED) is 0.0909. The van der Waals surface area contributed by atoms with Crippen LogP contribution in [-0.4, -0.2) is 44.5 Å². The SMILES string of the molecule is CCCCCCCCCCCCCCC(O)C(=O)[O-].CCCCCCCCCCCCCCC(O)C(=O)[O-].[Be+2]. The Morgan fingerprint density at radius 3 is 0.795 bits per heavy atom. The standard InChI is InChI=1S/2C16H32O3.Be/c2*1-2-3-4-5-6-7-8-9-10-11-12-13-14-15(17)16(18)19;/h2*15,17H,2-14H2,1H3,(H,18,19);/q;;+2/p-2. The van der Waals surface area contributed by atoms with Crippen molar-refractivity contribution in [2.24, 2.45) is 0 Å². The van der Waals surface area contributed by atoms with Crippen molar-refractivity contribution >= 4 is 22.1 Å². The molecule has 6 nitrogen and oxygen atoms in total. The molecular formula is C32H62BeO6. The number of hydrogen-bond acceptors (Lipinski definition) is 6. The summed E-state index contributed by atoms with van der Waals surface area (Å²) in [7, 11) is 0. The fourth-order valence-corrected chi connectivity index (χ4v) is 4.59. The topological polar surface area (TPSA) is 121 Å². The van der Waals surface area contributed by atoms with Crippen LogP contribution in [0.2, 0.25) is 0 Å². The summed E-state index contributed by atoms with van der Waals surface area (Å²) >= 11 is 0. The van der Waals surface area contributed by atoms with Crippen LogP contribution in [0.4, 0.5) is 0 Å². The van der Waals surface area contributed by atoms with Gasteiger partial charge in [0.25, 0.3) is 0 Å². The Morgan fingerprint density at radius 1 is 0.436 bits per heavy atom. The molecule has 2 atom stereocenters. The second-order valence-corrected chi connectivity index (χ2v) is 11.0. The van der Waals surface area contributed by atoms with E-state index in [2.05, 4.69) is 13.8 Å². The van der Waals surface area contributed by atoms with Crippen LogP contribution in [0.1, 0.15) is 181 Å². The minimum atomic E-state index is -1.34. The molecule has 39 heavy (non-hydrogen) atoms. The molecule has 2 unspecified atom stereocenters. The van der Waals surface area contributed by atoms with E-state index in [0.717, 1.165) is 38.5 Å². The molecule has 0 aliphatic heterocycles. The van der Waals surface area contributed by atoms with Crippen LogP contribution in [0, 0.1) is 0 Å². The first kappa shape index (κ1) is 42.5. The van der Waals surface area contributed by atoms with Gasteiger partial charge in [0.05, 0.1) is 24.1 Å². The molecule has 0 amide bonds. The molecule has 0 aromatic rings. The number of aliphatic carboxylic acids is 2. The molecule has 0 fully saturated rings. The van der Waals surface area contributed by atoms with Crippen molar-refractivity contribution in [3.63, 3.8) is 0 Å². The predicted molar refractivity (Wildman–Crippen MR) is 159 cm³/mol. The molecular weight excluding hydrogens is 489 g/mol. The van der Waals surface area contributed by atoms with Crippen molar-refractivity contribution in [2.45, 2.75) is 193 Å². The maximum atomic E-state index is 10.3. The average molecular weight is 552 g/mol. The second-order valence-electron chi connectivity index (χ2n) is 11.0. The van der Waals surface area contributed by atoms with E-state index in [4.69, 9.17) is 10.2 Å². The van der Waals surface area contributed by atoms with Gasteiger partial charge >= 0.3 is 10.1 Å². The monoisotopic (exact) mass is 551 g/mol. The van der Waals surface area contributed by atoms with Crippen molar-refractivity contribution in [1.29, 1.82) is 0 Å². The van der Waals surface area contributed by atoms with Gasteiger partial charge in [-0.25, -0.2) is 0 Å². The van der Waals surface area contributed by atoms with Gasteiger partial charge in [-0.3, -0.25) is 0 Å². The molecule has 0 saturated carbocycles. The Labute approximate surface area is 245 Å². The number of rotatable bonds is 28. The first-order chi connectivity index (χ1) is 18.4. The Kier molecular flexibility index (Phi) is 38.2. The Morgan fingerprint density at radius 2 is 0.615 bits per heavy atom. The number of aliphatic hydroxyl groups excluding tert-OH is 2. The van der Waals surface area contributed by atoms with Gasteiger partial charge in [0, 0.05) is 0 Å². The van der Waals surface area contributed by atoms with Crippen LogP contribution < -0.4 is 10.2 Å². The third kappa shape index (κ3) is 37.0. The van der Waals surface area contributed by atoms with E-state index in [1.807, 2.05) is 0 Å². The van der Waals surface area contributed by atoms with Crippen LogP contribution >= 0.6 is 0 Å². The summed E-state index contributed by atoms with van der Waals surface area (Å²) in [5, 5.41) is 38.6. The Bertz CT molecular complexity index is 459. The second kappa shape index (κ2) is 35.1. The number of unbranched alkanes of at least 4 members (excludes halogenated alkanes) is 22. The van der Waals surface area contributed by atoms with Crippen molar-refractivity contribution in [3.05, 3.63) is 0 Å². The molecule has 0 aliphatic rings. The summed E-state index contributed by atoms with van der Waals surface area (Å²) in [5.41, 5.74) is 0. The van der Waals surface area contributed by atoms with Crippen molar-refractivity contribution in [2.75, 3.05) is 0 Å². The van der Waals surface area contributed by atoms with Crippen LogP contribution in [0.15, 0.2) is 0 Å². The van der Waals surface area contributed by atoms with Gasteiger partial charge in [-0.05, 0) is 12.8 Å². The smallest absolute Gasteiger partial charge is 0.547 e. The summed E-state index contributed by atoms with van der Waals surface area (Å²) in [6.07, 6.45) is 28.1. The first-order valence-electron chi connectivity index (χ1n) is 16.1. The van der Waals surface area contributed by atoms with Crippen molar-refractivity contribution in [3.8, 4) is 0 Å². The zero-order chi connectivity index (χ0) is 28.7. The summed E-state index contributed by atoms with van der Waals surface area (Å²) in [5.74, 6) is -2.69. The zero-order valence-electron chi connectivity index (χ0n) is 25.8. The molecule has 0 saturated heterocycles. The van der Waals surface area contributed by atoms with Crippen molar-refractivity contribution in [1.82, 2.24) is 0 Å². The Balaban J connectivity index is -0.000000648. The minimum Gasteiger partial charge on any atom is -0.547 e. The fraction of sp³-hybridized carbons (Fsp3) is 0.938.